The maximum atomic E-state index is 13.0. The molecule has 5 nitrogen and oxygen atoms in total. The van der Waals surface area contributed by atoms with E-state index in [1.165, 1.54) is 0 Å². The number of aliphatic hydroxyl groups is 1. The number of Topliss-reactive ketones (excluding diaryl/α,β-unsaturated/α-hetero) is 1. The number of hydrogen-bond acceptors (Lipinski definition) is 5. The summed E-state index contributed by atoms with van der Waals surface area (Å²) >= 11 is 6.32. The number of carbonyl (C=O) groups is 1. The van der Waals surface area contributed by atoms with Crippen LogP contribution in [0.5, 0.6) is 11.5 Å². The fourth-order valence-corrected chi connectivity index (χ4v) is 4.68. The number of unbranched alkanes of at least 4 members (excludes halogenated alkanes) is 1. The summed E-state index contributed by atoms with van der Waals surface area (Å²) in [5.74, 6) is 1.48. The highest BCUT2D eigenvalue weighted by Crippen LogP contribution is 2.49. The number of pyridine rings is 1. The molecule has 0 amide bonds. The number of ether oxygens (including phenoxy) is 2. The number of aryl methyl sites for hydroxylation is 1. The summed E-state index contributed by atoms with van der Waals surface area (Å²) in [5, 5.41) is 11.9. The van der Waals surface area contributed by atoms with Crippen LogP contribution in [0.25, 0.3) is 0 Å². The van der Waals surface area contributed by atoms with Gasteiger partial charge in [0.05, 0.1) is 19.4 Å². The molecule has 4 rings (SSSR count). The van der Waals surface area contributed by atoms with Gasteiger partial charge in [-0.3, -0.25) is 4.79 Å². The van der Waals surface area contributed by atoms with E-state index in [-0.39, 0.29) is 18.1 Å². The Hall–Kier alpha value is -2.11. The fraction of sp³-hybridized carbons (Fsp3) is 0.520. The lowest BCUT2D eigenvalue weighted by molar-refractivity contribution is -0.00121. The Balaban J connectivity index is 1.51. The van der Waals surface area contributed by atoms with Crippen LogP contribution in [0.1, 0.15) is 72.6 Å². The lowest BCUT2D eigenvalue weighted by Gasteiger charge is -2.28. The van der Waals surface area contributed by atoms with Gasteiger partial charge in [0.2, 0.25) is 0 Å². The van der Waals surface area contributed by atoms with Crippen LogP contribution in [0.4, 0.5) is 0 Å². The van der Waals surface area contributed by atoms with E-state index in [1.807, 2.05) is 24.3 Å². The summed E-state index contributed by atoms with van der Waals surface area (Å²) in [5.41, 5.74) is 2.12. The van der Waals surface area contributed by atoms with Crippen LogP contribution in [0.3, 0.4) is 0 Å². The number of hydrogen-bond donors (Lipinski definition) is 1. The molecule has 1 aliphatic heterocycles. The van der Waals surface area contributed by atoms with E-state index in [4.69, 9.17) is 21.1 Å². The van der Waals surface area contributed by atoms with E-state index in [9.17, 15) is 9.90 Å². The number of fused-ring (bicyclic) bond motifs is 1. The number of carbonyl (C=O) groups excluding carboxylic acids is 1. The molecule has 31 heavy (non-hydrogen) atoms. The number of halogens is 1. The van der Waals surface area contributed by atoms with Crippen molar-refractivity contribution in [1.29, 1.82) is 0 Å². The van der Waals surface area contributed by atoms with Crippen molar-refractivity contribution in [2.75, 3.05) is 13.7 Å². The third-order valence-electron chi connectivity index (χ3n) is 6.46. The molecule has 2 aromatic rings. The average molecular weight is 444 g/mol. The van der Waals surface area contributed by atoms with E-state index < -0.39 is 5.60 Å². The van der Waals surface area contributed by atoms with Crippen LogP contribution in [0, 0.1) is 5.92 Å². The molecule has 1 N–H and O–H groups in total. The molecule has 1 aliphatic carbocycles. The van der Waals surface area contributed by atoms with Crippen LogP contribution >= 0.6 is 11.6 Å². The van der Waals surface area contributed by atoms with E-state index in [2.05, 4.69) is 11.9 Å². The molecule has 0 spiro atoms. The molecule has 1 saturated carbocycles. The fourth-order valence-electron chi connectivity index (χ4n) is 4.42. The standard InChI is InChI=1S/C25H30ClNO4/c1-3-4-5-16-6-7-17(14-21(16)30-2)20(28)10-12-25(29,19-8-9-19)22-15-18-11-13-31-23(18)24(26)27-22/h6-7,14-15,19,29H,3-5,8-13H2,1-2H3. The minimum absolute atomic E-state index is 0.00462. The molecule has 1 aromatic heterocycles. The number of ketones is 1. The molecule has 6 heteroatoms. The monoisotopic (exact) mass is 443 g/mol. The van der Waals surface area contributed by atoms with Crippen LogP contribution in [0.2, 0.25) is 5.15 Å². The second kappa shape index (κ2) is 9.17. The highest BCUT2D eigenvalue weighted by atomic mass is 35.5. The number of benzene rings is 1. The molecule has 166 valence electrons. The van der Waals surface area contributed by atoms with Crippen molar-refractivity contribution >= 4 is 17.4 Å². The Morgan fingerprint density at radius 3 is 2.87 bits per heavy atom. The van der Waals surface area contributed by atoms with Crippen molar-refractivity contribution in [2.24, 2.45) is 5.92 Å². The van der Waals surface area contributed by atoms with Gasteiger partial charge in [0, 0.05) is 24.0 Å². The largest absolute Gasteiger partial charge is 0.496 e. The molecule has 2 aliphatic rings. The third kappa shape index (κ3) is 4.58. The van der Waals surface area contributed by atoms with Crippen LogP contribution in [0.15, 0.2) is 24.3 Å². The average Bonchev–Trinajstić information content (AvgIpc) is 3.53. The zero-order valence-corrected chi connectivity index (χ0v) is 19.0. The van der Waals surface area contributed by atoms with Gasteiger partial charge in [0.15, 0.2) is 16.7 Å². The normalized spacial score (nSPS) is 17.0. The summed E-state index contributed by atoms with van der Waals surface area (Å²) in [6, 6.07) is 7.58. The lowest BCUT2D eigenvalue weighted by Crippen LogP contribution is -2.30. The summed E-state index contributed by atoms with van der Waals surface area (Å²) in [6.45, 7) is 2.73. The zero-order chi connectivity index (χ0) is 22.0. The third-order valence-corrected chi connectivity index (χ3v) is 6.72. The zero-order valence-electron chi connectivity index (χ0n) is 18.2. The van der Waals surface area contributed by atoms with Crippen molar-refractivity contribution in [2.45, 2.75) is 63.9 Å². The summed E-state index contributed by atoms with van der Waals surface area (Å²) in [4.78, 5) is 17.4. The van der Waals surface area contributed by atoms with Gasteiger partial charge in [-0.15, -0.1) is 0 Å². The summed E-state index contributed by atoms with van der Waals surface area (Å²) in [7, 11) is 1.64. The Bertz CT molecular complexity index is 972. The van der Waals surface area contributed by atoms with Crippen molar-refractivity contribution in [3.05, 3.63) is 51.8 Å². The first kappa shape index (κ1) is 22.1. The summed E-state index contributed by atoms with van der Waals surface area (Å²) in [6.07, 6.45) is 6.29. The molecule has 1 atom stereocenters. The molecule has 1 unspecified atom stereocenters. The first-order valence-electron chi connectivity index (χ1n) is 11.2. The molecular formula is C25H30ClNO4. The Morgan fingerprint density at radius 1 is 1.35 bits per heavy atom. The van der Waals surface area contributed by atoms with Gasteiger partial charge >= 0.3 is 0 Å². The van der Waals surface area contributed by atoms with E-state index in [0.29, 0.717) is 35.2 Å². The molecule has 2 heterocycles. The number of nitrogens with zero attached hydrogens (tertiary/aromatic N) is 1. The predicted molar refractivity (Wildman–Crippen MR) is 120 cm³/mol. The second-order valence-corrected chi connectivity index (χ2v) is 8.99. The van der Waals surface area contributed by atoms with Gasteiger partial charge < -0.3 is 14.6 Å². The highest BCUT2D eigenvalue weighted by molar-refractivity contribution is 6.31. The number of aromatic nitrogens is 1. The Morgan fingerprint density at radius 2 is 2.16 bits per heavy atom. The van der Waals surface area contributed by atoms with E-state index in [0.717, 1.165) is 55.4 Å². The molecule has 1 fully saturated rings. The van der Waals surface area contributed by atoms with Crippen molar-refractivity contribution < 1.29 is 19.4 Å². The second-order valence-electron chi connectivity index (χ2n) is 8.64. The molecule has 0 saturated heterocycles. The first-order valence-corrected chi connectivity index (χ1v) is 11.6. The number of rotatable bonds is 10. The minimum atomic E-state index is -1.15. The number of methoxy groups -OCH3 is 1. The van der Waals surface area contributed by atoms with Crippen LogP contribution in [-0.4, -0.2) is 29.6 Å². The molecule has 1 aromatic carbocycles. The maximum Gasteiger partial charge on any atom is 0.171 e. The van der Waals surface area contributed by atoms with Gasteiger partial charge in [-0.1, -0.05) is 37.1 Å². The van der Waals surface area contributed by atoms with Crippen molar-refractivity contribution in [3.63, 3.8) is 0 Å². The van der Waals surface area contributed by atoms with Gasteiger partial charge in [-0.25, -0.2) is 4.98 Å². The first-order chi connectivity index (χ1) is 15.0. The summed E-state index contributed by atoms with van der Waals surface area (Å²) < 4.78 is 11.1. The Labute approximate surface area is 188 Å². The van der Waals surface area contributed by atoms with E-state index >= 15 is 0 Å². The quantitative estimate of drug-likeness (QED) is 0.399. The van der Waals surface area contributed by atoms with Gasteiger partial charge in [0.25, 0.3) is 0 Å². The SMILES string of the molecule is CCCCc1ccc(C(=O)CCC(O)(c2cc3c(c(Cl)n2)OCC3)C2CC2)cc1OC. The van der Waals surface area contributed by atoms with Crippen LogP contribution < -0.4 is 9.47 Å². The lowest BCUT2D eigenvalue weighted by atomic mass is 9.85. The van der Waals surface area contributed by atoms with Crippen molar-refractivity contribution in [1.82, 2.24) is 4.98 Å². The molecule has 0 bridgehead atoms. The highest BCUT2D eigenvalue weighted by Gasteiger charge is 2.46. The van der Waals surface area contributed by atoms with Gasteiger partial charge in [-0.2, -0.15) is 0 Å². The van der Waals surface area contributed by atoms with Crippen LogP contribution in [-0.2, 0) is 18.4 Å². The predicted octanol–water partition coefficient (Wildman–Crippen LogP) is 5.28. The maximum absolute atomic E-state index is 13.0. The van der Waals surface area contributed by atoms with Gasteiger partial charge in [0.1, 0.15) is 11.4 Å². The van der Waals surface area contributed by atoms with Gasteiger partial charge in [-0.05, 0) is 55.7 Å². The smallest absolute Gasteiger partial charge is 0.171 e. The molecule has 0 radical (unpaired) electrons. The molecular weight excluding hydrogens is 414 g/mol. The topological polar surface area (TPSA) is 68.7 Å². The van der Waals surface area contributed by atoms with Crippen molar-refractivity contribution in [3.8, 4) is 11.5 Å². The minimum Gasteiger partial charge on any atom is -0.496 e. The Kier molecular flexibility index (Phi) is 6.54. The van der Waals surface area contributed by atoms with E-state index in [1.54, 1.807) is 7.11 Å².